The molecule has 1 unspecified atom stereocenters. The van der Waals surface area contributed by atoms with Crippen LogP contribution in [0.2, 0.25) is 5.02 Å². The van der Waals surface area contributed by atoms with Gasteiger partial charge in [-0.3, -0.25) is 19.6 Å². The smallest absolute Gasteiger partial charge is 0.338 e. The fraction of sp³-hybridized carbons (Fsp3) is 0.357. The first-order valence-electron chi connectivity index (χ1n) is 13.7. The Balaban J connectivity index is 1.25. The van der Waals surface area contributed by atoms with Crippen molar-refractivity contribution in [1.29, 1.82) is 0 Å². The van der Waals surface area contributed by atoms with E-state index >= 15 is 0 Å². The molecule has 3 aromatic rings. The van der Waals surface area contributed by atoms with E-state index in [2.05, 4.69) is 20.2 Å². The maximum atomic E-state index is 14.0. The second kappa shape index (κ2) is 12.6. The Kier molecular flexibility index (Phi) is 8.62. The van der Waals surface area contributed by atoms with Gasteiger partial charge in [-0.25, -0.2) is 23.9 Å². The zero-order valence-corrected chi connectivity index (χ0v) is 25.8. The molecule has 0 aliphatic carbocycles. The maximum absolute atomic E-state index is 14.0. The molecule has 6 rings (SSSR count). The SMILES string of the molecule is COC(=O)C1=C(CN2CCN3C(=O)N(c4ncc(CCC(=O)O)s4)C[C@@H]3C2)NC(c2nccs2)=NC1c1ccc(F)cc1Cl. The summed E-state index contributed by atoms with van der Waals surface area (Å²) >= 11 is 9.16. The van der Waals surface area contributed by atoms with Crippen LogP contribution in [0.25, 0.3) is 0 Å². The molecule has 3 aliphatic heterocycles. The number of hydrogen-bond acceptors (Lipinski definition) is 11. The number of benzene rings is 1. The molecule has 0 saturated carbocycles. The van der Waals surface area contributed by atoms with Crippen LogP contribution in [0.15, 0.2) is 52.2 Å². The lowest BCUT2D eigenvalue weighted by atomic mass is 9.95. The third-order valence-electron chi connectivity index (χ3n) is 7.60. The largest absolute Gasteiger partial charge is 0.481 e. The van der Waals surface area contributed by atoms with Gasteiger partial charge in [-0.2, -0.15) is 0 Å². The van der Waals surface area contributed by atoms with Crippen molar-refractivity contribution in [2.75, 3.05) is 44.7 Å². The molecule has 5 heterocycles. The van der Waals surface area contributed by atoms with Gasteiger partial charge in [0.05, 0.1) is 31.7 Å². The molecule has 3 aliphatic rings. The first-order valence-corrected chi connectivity index (χ1v) is 15.8. The molecule has 2 amide bonds. The number of anilines is 1. The van der Waals surface area contributed by atoms with Gasteiger partial charge in [0.1, 0.15) is 11.9 Å². The van der Waals surface area contributed by atoms with Crippen molar-refractivity contribution in [2.24, 2.45) is 4.99 Å². The molecular formula is C28H27ClFN7O5S2. The van der Waals surface area contributed by atoms with E-state index in [1.807, 2.05) is 10.3 Å². The number of hydrogen-bond donors (Lipinski definition) is 2. The summed E-state index contributed by atoms with van der Waals surface area (Å²) in [5.41, 5.74) is 1.26. The van der Waals surface area contributed by atoms with Gasteiger partial charge >= 0.3 is 18.0 Å². The van der Waals surface area contributed by atoms with E-state index in [1.165, 1.54) is 48.0 Å². The van der Waals surface area contributed by atoms with Crippen LogP contribution in [0, 0.1) is 5.82 Å². The summed E-state index contributed by atoms with van der Waals surface area (Å²) in [6, 6.07) is 2.85. The molecule has 12 nitrogen and oxygen atoms in total. The van der Waals surface area contributed by atoms with Crippen LogP contribution < -0.4 is 10.2 Å². The number of esters is 1. The Morgan fingerprint density at radius 2 is 2.09 bits per heavy atom. The molecule has 1 aromatic carbocycles. The molecule has 2 atom stereocenters. The summed E-state index contributed by atoms with van der Waals surface area (Å²) in [4.78, 5) is 57.5. The predicted octanol–water partition coefficient (Wildman–Crippen LogP) is 3.55. The van der Waals surface area contributed by atoms with Gasteiger partial charge in [-0.15, -0.1) is 22.7 Å². The second-order valence-corrected chi connectivity index (χ2v) is 12.8. The predicted molar refractivity (Wildman–Crippen MR) is 163 cm³/mol. The fourth-order valence-electron chi connectivity index (χ4n) is 5.53. The molecule has 16 heteroatoms. The average Bonchev–Trinajstić information content (AvgIpc) is 3.76. The van der Waals surface area contributed by atoms with Crippen LogP contribution in [0.1, 0.15) is 27.9 Å². The summed E-state index contributed by atoms with van der Waals surface area (Å²) in [6.45, 7) is 2.29. The number of halogens is 2. The third kappa shape index (κ3) is 6.04. The summed E-state index contributed by atoms with van der Waals surface area (Å²) in [6.07, 6.45) is 3.64. The maximum Gasteiger partial charge on any atom is 0.338 e. The standard InChI is InChI=1S/C28H27ClFN7O5S2/c1-42-26(40)22-20(33-24(25-31-6-9-43-25)34-23(22)18-4-2-15(30)10-19(18)29)14-35-7-8-36-16(12-35)13-37(28(36)41)27-32-11-17(44-27)3-5-21(38)39/h2,4,6,9-11,16,23H,3,5,7-8,12-14H2,1H3,(H,33,34)(H,38,39)/t16-,23?/m0/s1. The number of aliphatic imine (C=N–C) groups is 1. The quantitative estimate of drug-likeness (QED) is 0.330. The number of carboxylic acids is 1. The van der Waals surface area contributed by atoms with Crippen LogP contribution in [-0.2, 0) is 20.7 Å². The number of nitrogens with zero attached hydrogens (tertiary/aromatic N) is 6. The molecular weight excluding hydrogens is 633 g/mol. The number of amides is 2. The van der Waals surface area contributed by atoms with Crippen molar-refractivity contribution in [2.45, 2.75) is 24.9 Å². The van der Waals surface area contributed by atoms with Crippen molar-refractivity contribution >= 4 is 63.2 Å². The molecule has 2 N–H and O–H groups in total. The summed E-state index contributed by atoms with van der Waals surface area (Å²) in [7, 11) is 1.29. The normalized spacial score (nSPS) is 20.4. The Labute approximate surface area is 264 Å². The Bertz CT molecular complexity index is 1660. The van der Waals surface area contributed by atoms with Gasteiger partial charge in [0, 0.05) is 65.1 Å². The number of aryl methyl sites for hydroxylation is 1. The summed E-state index contributed by atoms with van der Waals surface area (Å²) in [5, 5.41) is 15.4. The van der Waals surface area contributed by atoms with Crippen molar-refractivity contribution < 1.29 is 28.6 Å². The Hall–Kier alpha value is -3.92. The zero-order valence-electron chi connectivity index (χ0n) is 23.4. The lowest BCUT2D eigenvalue weighted by Gasteiger charge is -2.38. The van der Waals surface area contributed by atoms with Gasteiger partial charge in [-0.1, -0.05) is 17.7 Å². The molecule has 2 fully saturated rings. The highest BCUT2D eigenvalue weighted by molar-refractivity contribution is 7.15. The van der Waals surface area contributed by atoms with Gasteiger partial charge in [0.2, 0.25) is 0 Å². The van der Waals surface area contributed by atoms with Crippen molar-refractivity contribution in [1.82, 2.24) is 25.1 Å². The molecule has 0 radical (unpaired) electrons. The minimum atomic E-state index is -0.885. The number of rotatable bonds is 9. The zero-order chi connectivity index (χ0) is 31.0. The van der Waals surface area contributed by atoms with E-state index < -0.39 is 23.8 Å². The number of carboxylic acid groups (broad SMARTS) is 1. The number of ether oxygens (including phenoxy) is 1. The number of thiazole rings is 2. The van der Waals surface area contributed by atoms with Crippen LogP contribution in [0.3, 0.4) is 0 Å². The number of piperazine rings is 1. The highest BCUT2D eigenvalue weighted by atomic mass is 35.5. The number of fused-ring (bicyclic) bond motifs is 1. The minimum Gasteiger partial charge on any atom is -0.481 e. The number of carbonyl (C=O) groups excluding carboxylic acids is 2. The van der Waals surface area contributed by atoms with E-state index in [0.29, 0.717) is 66.4 Å². The van der Waals surface area contributed by atoms with E-state index in [4.69, 9.17) is 26.4 Å². The van der Waals surface area contributed by atoms with Gasteiger partial charge in [-0.05, 0) is 18.6 Å². The highest BCUT2D eigenvalue weighted by Crippen LogP contribution is 2.37. The number of methoxy groups -OCH3 is 1. The first kappa shape index (κ1) is 30.1. The molecule has 0 bridgehead atoms. The number of carbonyl (C=O) groups is 3. The van der Waals surface area contributed by atoms with E-state index in [1.54, 1.807) is 17.3 Å². The van der Waals surface area contributed by atoms with Crippen molar-refractivity contribution in [3.8, 4) is 0 Å². The molecule has 44 heavy (non-hydrogen) atoms. The topological polar surface area (TPSA) is 141 Å². The van der Waals surface area contributed by atoms with Gasteiger partial charge in [0.15, 0.2) is 16.0 Å². The Morgan fingerprint density at radius 3 is 2.82 bits per heavy atom. The minimum absolute atomic E-state index is 0.0000691. The van der Waals surface area contributed by atoms with Crippen LogP contribution in [-0.4, -0.2) is 94.6 Å². The van der Waals surface area contributed by atoms with E-state index in [-0.39, 0.29) is 29.1 Å². The van der Waals surface area contributed by atoms with Crippen LogP contribution in [0.5, 0.6) is 0 Å². The number of aromatic nitrogens is 2. The first-order chi connectivity index (χ1) is 21.2. The average molecular weight is 660 g/mol. The monoisotopic (exact) mass is 659 g/mol. The van der Waals surface area contributed by atoms with Gasteiger partial charge < -0.3 is 20.1 Å². The molecule has 0 spiro atoms. The molecule has 2 aromatic heterocycles. The fourth-order valence-corrected chi connectivity index (χ4v) is 7.31. The third-order valence-corrected chi connectivity index (χ3v) is 9.79. The van der Waals surface area contributed by atoms with Gasteiger partial charge in [0.25, 0.3) is 0 Å². The lowest BCUT2D eigenvalue weighted by molar-refractivity contribution is -0.137. The van der Waals surface area contributed by atoms with Crippen LogP contribution >= 0.6 is 34.3 Å². The molecule has 2 saturated heterocycles. The van der Waals surface area contributed by atoms with Crippen molar-refractivity contribution in [3.05, 3.63) is 73.5 Å². The summed E-state index contributed by atoms with van der Waals surface area (Å²) < 4.78 is 19.1. The Morgan fingerprint density at radius 1 is 1.25 bits per heavy atom. The lowest BCUT2D eigenvalue weighted by Crippen LogP contribution is -2.53. The number of urea groups is 1. The second-order valence-electron chi connectivity index (χ2n) is 10.4. The number of nitrogens with one attached hydrogen (secondary N) is 1. The summed E-state index contributed by atoms with van der Waals surface area (Å²) in [5.74, 6) is -1.53. The number of amidine groups is 1. The van der Waals surface area contributed by atoms with Crippen molar-refractivity contribution in [3.63, 3.8) is 0 Å². The van der Waals surface area contributed by atoms with E-state index in [9.17, 15) is 18.8 Å². The molecule has 230 valence electrons. The van der Waals surface area contributed by atoms with E-state index in [0.717, 1.165) is 4.88 Å². The highest BCUT2D eigenvalue weighted by Gasteiger charge is 2.43. The van der Waals surface area contributed by atoms with Crippen LogP contribution in [0.4, 0.5) is 14.3 Å². The number of aliphatic carboxylic acids is 1.